The number of ether oxygens (including phenoxy) is 1. The number of anilines is 1. The third-order valence-electron chi connectivity index (χ3n) is 3.98. The Hall–Kier alpha value is -0.650. The first-order valence-electron chi connectivity index (χ1n) is 7.08. The Morgan fingerprint density at radius 2 is 2.16 bits per heavy atom. The average molecular weight is 284 g/mol. The van der Waals surface area contributed by atoms with Crippen molar-refractivity contribution in [2.75, 3.05) is 25.2 Å². The number of aromatic nitrogens is 1. The zero-order chi connectivity index (χ0) is 13.8. The summed E-state index contributed by atoms with van der Waals surface area (Å²) in [4.78, 5) is 8.05. The highest BCUT2D eigenvalue weighted by atomic mass is 32.1. The summed E-state index contributed by atoms with van der Waals surface area (Å²) in [5, 5.41) is 10.5. The van der Waals surface area contributed by atoms with Crippen molar-refractivity contribution < 1.29 is 9.84 Å². The van der Waals surface area contributed by atoms with Crippen LogP contribution in [0.2, 0.25) is 0 Å². The molecule has 19 heavy (non-hydrogen) atoms. The number of nitrogens with zero attached hydrogens (tertiary/aromatic N) is 2. The van der Waals surface area contributed by atoms with Crippen LogP contribution in [0.25, 0.3) is 0 Å². The molecule has 1 unspecified atom stereocenters. The minimum atomic E-state index is 0.0962. The van der Waals surface area contributed by atoms with Crippen LogP contribution in [0, 0.1) is 0 Å². The summed E-state index contributed by atoms with van der Waals surface area (Å²) in [6.07, 6.45) is 3.17. The van der Waals surface area contributed by atoms with Crippen molar-refractivity contribution >= 4 is 16.5 Å². The van der Waals surface area contributed by atoms with E-state index in [4.69, 9.17) is 9.72 Å². The second kappa shape index (κ2) is 6.68. The summed E-state index contributed by atoms with van der Waals surface area (Å²) in [6, 6.07) is 0.510. The summed E-state index contributed by atoms with van der Waals surface area (Å²) in [7, 11) is 2.11. The van der Waals surface area contributed by atoms with Gasteiger partial charge in [0.25, 0.3) is 0 Å². The van der Waals surface area contributed by atoms with Crippen LogP contribution in [0.3, 0.4) is 0 Å². The first-order chi connectivity index (χ1) is 9.17. The molecule has 1 aromatic heterocycles. The molecule has 0 aromatic carbocycles. The van der Waals surface area contributed by atoms with Gasteiger partial charge in [0, 0.05) is 26.3 Å². The highest BCUT2D eigenvalue weighted by Gasteiger charge is 2.23. The van der Waals surface area contributed by atoms with Crippen LogP contribution in [0.4, 0.5) is 5.13 Å². The van der Waals surface area contributed by atoms with E-state index in [0.29, 0.717) is 12.0 Å². The molecule has 1 atom stereocenters. The van der Waals surface area contributed by atoms with E-state index < -0.39 is 0 Å². The monoisotopic (exact) mass is 284 g/mol. The first kappa shape index (κ1) is 14.8. The van der Waals surface area contributed by atoms with Crippen LogP contribution >= 0.6 is 11.3 Å². The summed E-state index contributed by atoms with van der Waals surface area (Å²) in [5.41, 5.74) is 1.07. The van der Waals surface area contributed by atoms with Crippen LogP contribution in [0.1, 0.15) is 49.6 Å². The number of aliphatic hydroxyl groups excluding tert-OH is 1. The van der Waals surface area contributed by atoms with Gasteiger partial charge in [-0.25, -0.2) is 4.98 Å². The second-order valence-electron chi connectivity index (χ2n) is 5.23. The van der Waals surface area contributed by atoms with Gasteiger partial charge in [-0.05, 0) is 25.2 Å². The fraction of sp³-hybridized carbons (Fsp3) is 0.786. The Morgan fingerprint density at radius 1 is 1.47 bits per heavy atom. The minimum absolute atomic E-state index is 0.0962. The molecule has 0 amide bonds. The molecule has 5 heteroatoms. The number of rotatable bonds is 5. The fourth-order valence-corrected chi connectivity index (χ4v) is 3.50. The predicted molar refractivity (Wildman–Crippen MR) is 79.0 cm³/mol. The molecule has 1 saturated heterocycles. The van der Waals surface area contributed by atoms with Gasteiger partial charge in [0.05, 0.1) is 17.2 Å². The van der Waals surface area contributed by atoms with Crippen molar-refractivity contribution in [1.29, 1.82) is 0 Å². The summed E-state index contributed by atoms with van der Waals surface area (Å²) >= 11 is 1.63. The van der Waals surface area contributed by atoms with Crippen LogP contribution in [0.5, 0.6) is 0 Å². The molecule has 1 fully saturated rings. The lowest BCUT2D eigenvalue weighted by molar-refractivity contribution is 0.0855. The van der Waals surface area contributed by atoms with Gasteiger partial charge in [0.2, 0.25) is 0 Å². The van der Waals surface area contributed by atoms with E-state index in [0.717, 1.165) is 48.2 Å². The zero-order valence-corrected chi connectivity index (χ0v) is 12.9. The van der Waals surface area contributed by atoms with Crippen LogP contribution in [-0.4, -0.2) is 36.4 Å². The Kier molecular flexibility index (Phi) is 5.19. The second-order valence-corrected chi connectivity index (χ2v) is 6.29. The molecule has 1 N–H and O–H groups in total. The summed E-state index contributed by atoms with van der Waals surface area (Å²) in [6.45, 7) is 6.11. The van der Waals surface area contributed by atoms with Crippen molar-refractivity contribution in [3.63, 3.8) is 0 Å². The average Bonchev–Trinajstić information content (AvgIpc) is 2.90. The van der Waals surface area contributed by atoms with E-state index in [1.165, 1.54) is 0 Å². The molecule has 0 radical (unpaired) electrons. The van der Waals surface area contributed by atoms with Gasteiger partial charge in [0.15, 0.2) is 5.13 Å². The molecule has 0 saturated carbocycles. The van der Waals surface area contributed by atoms with E-state index in [9.17, 15) is 5.11 Å². The Morgan fingerprint density at radius 3 is 2.74 bits per heavy atom. The van der Waals surface area contributed by atoms with Crippen molar-refractivity contribution in [2.45, 2.75) is 51.7 Å². The molecule has 1 aromatic rings. The van der Waals surface area contributed by atoms with Crippen LogP contribution < -0.4 is 4.90 Å². The Bertz CT molecular complexity index is 402. The Labute approximate surface area is 119 Å². The largest absolute Gasteiger partial charge is 0.391 e. The van der Waals surface area contributed by atoms with E-state index >= 15 is 0 Å². The van der Waals surface area contributed by atoms with Crippen LogP contribution in [0.15, 0.2) is 0 Å². The maximum atomic E-state index is 9.50. The maximum absolute atomic E-state index is 9.50. The van der Waals surface area contributed by atoms with E-state index in [-0.39, 0.29) is 6.61 Å². The highest BCUT2D eigenvalue weighted by Crippen LogP contribution is 2.33. The fourth-order valence-electron chi connectivity index (χ4n) is 2.42. The topological polar surface area (TPSA) is 45.6 Å². The van der Waals surface area contributed by atoms with Gasteiger partial charge in [0.1, 0.15) is 0 Å². The molecule has 2 heterocycles. The highest BCUT2D eigenvalue weighted by molar-refractivity contribution is 7.15. The third kappa shape index (κ3) is 3.27. The lowest BCUT2D eigenvalue weighted by atomic mass is 10.0. The molecule has 1 aliphatic rings. The van der Waals surface area contributed by atoms with Gasteiger partial charge >= 0.3 is 0 Å². The summed E-state index contributed by atoms with van der Waals surface area (Å²) < 4.78 is 5.41. The molecule has 4 nitrogen and oxygen atoms in total. The van der Waals surface area contributed by atoms with Gasteiger partial charge in [-0.1, -0.05) is 25.2 Å². The molecule has 2 rings (SSSR count). The van der Waals surface area contributed by atoms with E-state index in [1.54, 1.807) is 11.3 Å². The maximum Gasteiger partial charge on any atom is 0.185 e. The molecule has 0 spiro atoms. The van der Waals surface area contributed by atoms with Gasteiger partial charge < -0.3 is 14.7 Å². The van der Waals surface area contributed by atoms with E-state index in [1.807, 2.05) is 0 Å². The lowest BCUT2D eigenvalue weighted by Crippen LogP contribution is -2.36. The van der Waals surface area contributed by atoms with Crippen molar-refractivity contribution in [3.8, 4) is 0 Å². The molecular weight excluding hydrogens is 260 g/mol. The number of aliphatic hydroxyl groups is 1. The number of thiazole rings is 1. The molecule has 0 bridgehead atoms. The summed E-state index contributed by atoms with van der Waals surface area (Å²) in [5.74, 6) is 0.412. The quantitative estimate of drug-likeness (QED) is 0.903. The lowest BCUT2D eigenvalue weighted by Gasteiger charge is -2.30. The third-order valence-corrected chi connectivity index (χ3v) is 5.13. The molecule has 108 valence electrons. The van der Waals surface area contributed by atoms with Gasteiger partial charge in [-0.15, -0.1) is 0 Å². The standard InChI is InChI=1S/C14H24N2O2S/c1-4-10(2)13-12(9-17)19-14(15-13)16(3)11-5-7-18-8-6-11/h10-11,17H,4-9H2,1-3H3. The van der Waals surface area contributed by atoms with Crippen LogP contribution in [-0.2, 0) is 11.3 Å². The molecule has 0 aliphatic carbocycles. The van der Waals surface area contributed by atoms with Crippen molar-refractivity contribution in [2.24, 2.45) is 0 Å². The number of hydrogen-bond donors (Lipinski definition) is 1. The molecular formula is C14H24N2O2S. The zero-order valence-electron chi connectivity index (χ0n) is 12.1. The normalized spacial score (nSPS) is 18.5. The predicted octanol–water partition coefficient (Wildman–Crippen LogP) is 2.76. The Balaban J connectivity index is 2.17. The van der Waals surface area contributed by atoms with E-state index in [2.05, 4.69) is 25.8 Å². The van der Waals surface area contributed by atoms with Gasteiger partial charge in [-0.2, -0.15) is 0 Å². The molecule has 1 aliphatic heterocycles. The minimum Gasteiger partial charge on any atom is -0.391 e. The van der Waals surface area contributed by atoms with Gasteiger partial charge in [-0.3, -0.25) is 0 Å². The SMILES string of the molecule is CCC(C)c1nc(N(C)C2CCOCC2)sc1CO. The van der Waals surface area contributed by atoms with Crippen molar-refractivity contribution in [3.05, 3.63) is 10.6 Å². The smallest absolute Gasteiger partial charge is 0.185 e. The first-order valence-corrected chi connectivity index (χ1v) is 7.90. The van der Waals surface area contributed by atoms with Crippen molar-refractivity contribution in [1.82, 2.24) is 4.98 Å². The number of hydrogen-bond acceptors (Lipinski definition) is 5.